The minimum absolute atomic E-state index is 0.0925. The van der Waals surface area contributed by atoms with Crippen molar-refractivity contribution in [2.24, 2.45) is 5.92 Å². The molecule has 0 radical (unpaired) electrons. The van der Waals surface area contributed by atoms with Crippen molar-refractivity contribution < 1.29 is 14.7 Å². The number of nitrogens with one attached hydrogen (secondary N) is 1. The van der Waals surface area contributed by atoms with Crippen molar-refractivity contribution in [3.8, 4) is 0 Å². The zero-order valence-electron chi connectivity index (χ0n) is 13.8. The summed E-state index contributed by atoms with van der Waals surface area (Å²) in [6.07, 6.45) is 4.03. The Bertz CT molecular complexity index is 639. The molecule has 2 saturated carbocycles. The number of rotatable bonds is 7. The van der Waals surface area contributed by atoms with E-state index in [-0.39, 0.29) is 24.5 Å². The van der Waals surface area contributed by atoms with Crippen molar-refractivity contribution in [2.75, 3.05) is 13.1 Å². The van der Waals surface area contributed by atoms with Crippen LogP contribution >= 0.6 is 11.6 Å². The van der Waals surface area contributed by atoms with Gasteiger partial charge in [0, 0.05) is 29.2 Å². The largest absolute Gasteiger partial charge is 0.480 e. The fourth-order valence-corrected chi connectivity index (χ4v) is 3.43. The third-order valence-corrected chi connectivity index (χ3v) is 5.17. The van der Waals surface area contributed by atoms with E-state index < -0.39 is 5.97 Å². The average molecular weight is 351 g/mol. The fraction of sp³-hybridized carbons (Fsp3) is 0.556. The molecule has 1 aromatic rings. The normalized spacial score (nSPS) is 23.0. The Hall–Kier alpha value is -1.59. The van der Waals surface area contributed by atoms with E-state index in [0.29, 0.717) is 16.5 Å². The first-order chi connectivity index (χ1) is 11.4. The summed E-state index contributed by atoms with van der Waals surface area (Å²) < 4.78 is 0. The van der Waals surface area contributed by atoms with E-state index in [9.17, 15) is 9.59 Å². The van der Waals surface area contributed by atoms with Gasteiger partial charge in [-0.15, -0.1) is 0 Å². The first-order valence-corrected chi connectivity index (χ1v) is 8.83. The highest BCUT2D eigenvalue weighted by molar-refractivity contribution is 6.31. The summed E-state index contributed by atoms with van der Waals surface area (Å²) in [5, 5.41) is 12.7. The molecule has 0 heterocycles. The van der Waals surface area contributed by atoms with Crippen LogP contribution in [0.4, 0.5) is 0 Å². The van der Waals surface area contributed by atoms with Crippen molar-refractivity contribution in [3.05, 3.63) is 34.3 Å². The van der Waals surface area contributed by atoms with Gasteiger partial charge in [-0.05, 0) is 56.2 Å². The number of carbonyl (C=O) groups is 2. The van der Waals surface area contributed by atoms with Crippen molar-refractivity contribution in [1.29, 1.82) is 0 Å². The Morgan fingerprint density at radius 2 is 2.04 bits per heavy atom. The van der Waals surface area contributed by atoms with Gasteiger partial charge in [0.15, 0.2) is 0 Å². The number of carboxylic acid groups (broad SMARTS) is 1. The first kappa shape index (κ1) is 17.2. The van der Waals surface area contributed by atoms with Crippen molar-refractivity contribution >= 4 is 23.5 Å². The molecule has 2 aliphatic rings. The highest BCUT2D eigenvalue weighted by atomic mass is 35.5. The van der Waals surface area contributed by atoms with Gasteiger partial charge < -0.3 is 10.4 Å². The molecule has 0 unspecified atom stereocenters. The van der Waals surface area contributed by atoms with E-state index in [0.717, 1.165) is 24.9 Å². The lowest BCUT2D eigenvalue weighted by molar-refractivity contribution is -0.139. The van der Waals surface area contributed by atoms with Crippen LogP contribution in [0.1, 0.15) is 41.6 Å². The molecule has 0 aromatic heterocycles. The molecule has 1 amide bonds. The van der Waals surface area contributed by atoms with E-state index in [1.807, 2.05) is 13.0 Å². The van der Waals surface area contributed by atoms with Crippen LogP contribution in [0, 0.1) is 12.8 Å². The minimum atomic E-state index is -0.780. The van der Waals surface area contributed by atoms with Gasteiger partial charge in [0.25, 0.3) is 5.91 Å². The lowest BCUT2D eigenvalue weighted by Gasteiger charge is -2.42. The maximum atomic E-state index is 12.4. The maximum absolute atomic E-state index is 12.4. The average Bonchev–Trinajstić information content (AvgIpc) is 3.27. The molecule has 24 heavy (non-hydrogen) atoms. The van der Waals surface area contributed by atoms with E-state index in [2.05, 4.69) is 10.2 Å². The van der Waals surface area contributed by atoms with E-state index in [1.165, 1.54) is 12.8 Å². The Balaban J connectivity index is 1.52. The van der Waals surface area contributed by atoms with Gasteiger partial charge in [-0.1, -0.05) is 17.7 Å². The maximum Gasteiger partial charge on any atom is 0.317 e. The number of carboxylic acids is 1. The van der Waals surface area contributed by atoms with Crippen LogP contribution in [0.3, 0.4) is 0 Å². The van der Waals surface area contributed by atoms with Gasteiger partial charge in [-0.25, -0.2) is 0 Å². The number of carbonyl (C=O) groups excluding carboxylic acids is 1. The SMILES string of the molecule is Cc1ccc(Cl)cc1C(=O)NC1CC(N(CC(=O)O)CC2CC2)C1. The fourth-order valence-electron chi connectivity index (χ4n) is 3.25. The lowest BCUT2D eigenvalue weighted by atomic mass is 9.85. The third kappa shape index (κ3) is 4.28. The van der Waals surface area contributed by atoms with E-state index in [1.54, 1.807) is 12.1 Å². The summed E-state index contributed by atoms with van der Waals surface area (Å²) in [5.74, 6) is -0.227. The molecule has 0 bridgehead atoms. The number of hydrogen-bond donors (Lipinski definition) is 2. The first-order valence-electron chi connectivity index (χ1n) is 8.45. The number of aliphatic carboxylic acids is 1. The molecular weight excluding hydrogens is 328 g/mol. The zero-order valence-corrected chi connectivity index (χ0v) is 14.6. The van der Waals surface area contributed by atoms with Crippen LogP contribution in [0.25, 0.3) is 0 Å². The van der Waals surface area contributed by atoms with Crippen LogP contribution < -0.4 is 5.32 Å². The second kappa shape index (κ2) is 7.11. The molecule has 2 fully saturated rings. The van der Waals surface area contributed by atoms with E-state index >= 15 is 0 Å². The van der Waals surface area contributed by atoms with Gasteiger partial charge >= 0.3 is 5.97 Å². The van der Waals surface area contributed by atoms with Crippen LogP contribution in [0.2, 0.25) is 5.02 Å². The Kier molecular flexibility index (Phi) is 5.11. The summed E-state index contributed by atoms with van der Waals surface area (Å²) in [5.41, 5.74) is 1.50. The summed E-state index contributed by atoms with van der Waals surface area (Å²) in [6.45, 7) is 2.85. The van der Waals surface area contributed by atoms with Crippen molar-refractivity contribution in [3.63, 3.8) is 0 Å². The quantitative estimate of drug-likeness (QED) is 0.793. The molecular formula is C18H23ClN2O3. The predicted molar refractivity (Wildman–Crippen MR) is 92.4 cm³/mol. The van der Waals surface area contributed by atoms with Crippen LogP contribution in [0.5, 0.6) is 0 Å². The molecule has 2 N–H and O–H groups in total. The molecule has 1 aromatic carbocycles. The van der Waals surface area contributed by atoms with Gasteiger partial charge in [-0.3, -0.25) is 14.5 Å². The van der Waals surface area contributed by atoms with E-state index in [4.69, 9.17) is 16.7 Å². The summed E-state index contributed by atoms with van der Waals surface area (Å²) in [7, 11) is 0. The predicted octanol–water partition coefficient (Wildman–Crippen LogP) is 2.71. The van der Waals surface area contributed by atoms with Crippen LogP contribution in [0.15, 0.2) is 18.2 Å². The Labute approximate surface area is 147 Å². The highest BCUT2D eigenvalue weighted by Crippen LogP contribution is 2.33. The molecule has 0 spiro atoms. The molecule has 0 atom stereocenters. The molecule has 5 nitrogen and oxygen atoms in total. The smallest absolute Gasteiger partial charge is 0.317 e. The van der Waals surface area contributed by atoms with Gasteiger partial charge in [0.05, 0.1) is 6.54 Å². The molecule has 0 aliphatic heterocycles. The van der Waals surface area contributed by atoms with Gasteiger partial charge in [0.2, 0.25) is 0 Å². The topological polar surface area (TPSA) is 69.6 Å². The van der Waals surface area contributed by atoms with Crippen LogP contribution in [-0.4, -0.2) is 47.1 Å². The number of benzene rings is 1. The van der Waals surface area contributed by atoms with Crippen molar-refractivity contribution in [2.45, 2.75) is 44.7 Å². The third-order valence-electron chi connectivity index (χ3n) is 4.94. The van der Waals surface area contributed by atoms with Gasteiger partial charge in [-0.2, -0.15) is 0 Å². The zero-order chi connectivity index (χ0) is 17.3. The second-order valence-electron chi connectivity index (χ2n) is 7.02. The Morgan fingerprint density at radius 3 is 2.67 bits per heavy atom. The number of hydrogen-bond acceptors (Lipinski definition) is 3. The van der Waals surface area contributed by atoms with Gasteiger partial charge in [0.1, 0.15) is 0 Å². The Morgan fingerprint density at radius 1 is 1.33 bits per heavy atom. The molecule has 3 rings (SSSR count). The monoisotopic (exact) mass is 350 g/mol. The number of nitrogens with zero attached hydrogens (tertiary/aromatic N) is 1. The molecule has 130 valence electrons. The summed E-state index contributed by atoms with van der Waals surface area (Å²) in [4.78, 5) is 25.5. The lowest BCUT2D eigenvalue weighted by Crippen LogP contribution is -2.55. The minimum Gasteiger partial charge on any atom is -0.480 e. The number of amides is 1. The molecule has 6 heteroatoms. The molecule has 2 aliphatic carbocycles. The number of halogens is 1. The second-order valence-corrected chi connectivity index (χ2v) is 7.46. The highest BCUT2D eigenvalue weighted by Gasteiger charge is 2.37. The van der Waals surface area contributed by atoms with Crippen LogP contribution in [-0.2, 0) is 4.79 Å². The number of aryl methyl sites for hydroxylation is 1. The summed E-state index contributed by atoms with van der Waals surface area (Å²) >= 11 is 5.97. The standard InChI is InChI=1S/C18H23ClN2O3/c1-11-2-5-13(19)6-16(11)18(24)20-14-7-15(8-14)21(10-17(22)23)9-12-3-4-12/h2,5-6,12,14-15H,3-4,7-10H2,1H3,(H,20,24)(H,22,23). The molecule has 0 saturated heterocycles. The van der Waals surface area contributed by atoms with Crippen molar-refractivity contribution in [1.82, 2.24) is 10.2 Å². The summed E-state index contributed by atoms with van der Waals surface area (Å²) in [6, 6.07) is 5.66.